The molecule has 0 fully saturated rings. The van der Waals surface area contributed by atoms with Crippen molar-refractivity contribution >= 4 is 22.7 Å². The first kappa shape index (κ1) is 15.5. The second-order valence-corrected chi connectivity index (χ2v) is 6.56. The third-order valence-electron chi connectivity index (χ3n) is 3.58. The number of aryl methyl sites for hydroxylation is 1. The molecule has 1 aromatic heterocycles. The fraction of sp³-hybridized carbons (Fsp3) is 0.529. The molecule has 2 atom stereocenters. The third-order valence-corrected chi connectivity index (χ3v) is 4.73. The molecule has 0 saturated carbocycles. The molecule has 0 aliphatic rings. The lowest BCUT2D eigenvalue weighted by molar-refractivity contribution is 0.422. The van der Waals surface area contributed by atoms with Gasteiger partial charge in [-0.05, 0) is 32.1 Å². The summed E-state index contributed by atoms with van der Waals surface area (Å²) in [6, 6.07) is 9.08. The Bertz CT molecular complexity index is 549. The second-order valence-electron chi connectivity index (χ2n) is 5.24. The van der Waals surface area contributed by atoms with Gasteiger partial charge < -0.3 is 9.73 Å². The Morgan fingerprint density at radius 2 is 1.95 bits per heavy atom. The van der Waals surface area contributed by atoms with Crippen molar-refractivity contribution in [3.8, 4) is 0 Å². The molecule has 2 nitrogen and oxygen atoms in total. The smallest absolute Gasteiger partial charge is 0.134 e. The molecule has 0 bridgehead atoms. The van der Waals surface area contributed by atoms with E-state index < -0.39 is 0 Å². The molecule has 0 radical (unpaired) electrons. The standard InChI is InChI=1S/C17H25NOS/c1-5-14-15-9-7-8-10-16(15)19-17(14)13(4)18-12(3)11-20-6-2/h7-10,12-13,18H,5-6,11H2,1-4H3. The van der Waals surface area contributed by atoms with Crippen LogP contribution in [-0.4, -0.2) is 17.5 Å². The van der Waals surface area contributed by atoms with E-state index in [1.807, 2.05) is 17.8 Å². The van der Waals surface area contributed by atoms with Gasteiger partial charge in [0.25, 0.3) is 0 Å². The SMILES string of the molecule is CCSCC(C)NC(C)c1oc2ccccc2c1CC. The molecule has 0 amide bonds. The zero-order valence-corrected chi connectivity index (χ0v) is 13.7. The summed E-state index contributed by atoms with van der Waals surface area (Å²) >= 11 is 1.98. The van der Waals surface area contributed by atoms with Crippen molar-refractivity contribution in [2.75, 3.05) is 11.5 Å². The Morgan fingerprint density at radius 1 is 1.20 bits per heavy atom. The van der Waals surface area contributed by atoms with Gasteiger partial charge in [-0.2, -0.15) is 11.8 Å². The summed E-state index contributed by atoms with van der Waals surface area (Å²) in [4.78, 5) is 0. The molecule has 20 heavy (non-hydrogen) atoms. The number of benzene rings is 1. The number of hydrogen-bond donors (Lipinski definition) is 1. The molecule has 3 heteroatoms. The molecule has 1 heterocycles. The van der Waals surface area contributed by atoms with E-state index in [0.717, 1.165) is 23.5 Å². The topological polar surface area (TPSA) is 25.2 Å². The number of thioether (sulfide) groups is 1. The quantitative estimate of drug-likeness (QED) is 0.794. The summed E-state index contributed by atoms with van der Waals surface area (Å²) < 4.78 is 6.09. The fourth-order valence-corrected chi connectivity index (χ4v) is 3.36. The number of furan rings is 1. The van der Waals surface area contributed by atoms with E-state index in [4.69, 9.17) is 4.42 Å². The highest BCUT2D eigenvalue weighted by Gasteiger charge is 2.19. The van der Waals surface area contributed by atoms with Crippen molar-refractivity contribution in [2.24, 2.45) is 0 Å². The summed E-state index contributed by atoms with van der Waals surface area (Å²) in [6.45, 7) is 8.84. The Hall–Kier alpha value is -0.930. The van der Waals surface area contributed by atoms with E-state index >= 15 is 0 Å². The van der Waals surface area contributed by atoms with Gasteiger partial charge in [-0.1, -0.05) is 32.0 Å². The van der Waals surface area contributed by atoms with E-state index in [0.29, 0.717) is 6.04 Å². The zero-order chi connectivity index (χ0) is 14.5. The van der Waals surface area contributed by atoms with Crippen molar-refractivity contribution in [1.82, 2.24) is 5.32 Å². The summed E-state index contributed by atoms with van der Waals surface area (Å²) in [7, 11) is 0. The van der Waals surface area contributed by atoms with Gasteiger partial charge in [-0.15, -0.1) is 0 Å². The lowest BCUT2D eigenvalue weighted by Crippen LogP contribution is -2.31. The Balaban J connectivity index is 2.19. The van der Waals surface area contributed by atoms with Crippen LogP contribution in [0.15, 0.2) is 28.7 Å². The number of fused-ring (bicyclic) bond motifs is 1. The molecular formula is C17H25NOS. The first-order chi connectivity index (χ1) is 9.67. The predicted molar refractivity (Wildman–Crippen MR) is 89.6 cm³/mol. The first-order valence-electron chi connectivity index (χ1n) is 7.51. The molecule has 110 valence electrons. The van der Waals surface area contributed by atoms with Crippen LogP contribution in [0.2, 0.25) is 0 Å². The van der Waals surface area contributed by atoms with E-state index in [9.17, 15) is 0 Å². The Labute approximate surface area is 126 Å². The van der Waals surface area contributed by atoms with Gasteiger partial charge in [-0.25, -0.2) is 0 Å². The number of nitrogens with one attached hydrogen (secondary N) is 1. The highest BCUT2D eigenvalue weighted by molar-refractivity contribution is 7.99. The van der Waals surface area contributed by atoms with Crippen LogP contribution in [0, 0.1) is 0 Å². The largest absolute Gasteiger partial charge is 0.459 e. The van der Waals surface area contributed by atoms with Crippen LogP contribution >= 0.6 is 11.8 Å². The number of hydrogen-bond acceptors (Lipinski definition) is 3. The maximum atomic E-state index is 6.09. The minimum absolute atomic E-state index is 0.254. The van der Waals surface area contributed by atoms with Gasteiger partial charge >= 0.3 is 0 Å². The van der Waals surface area contributed by atoms with E-state index in [1.54, 1.807) is 0 Å². The molecule has 2 aromatic rings. The molecule has 2 rings (SSSR count). The number of rotatable bonds is 7. The Kier molecular flexibility index (Phi) is 5.55. The monoisotopic (exact) mass is 291 g/mol. The lowest BCUT2D eigenvalue weighted by atomic mass is 10.0. The molecule has 0 aliphatic carbocycles. The molecule has 1 aromatic carbocycles. The first-order valence-corrected chi connectivity index (χ1v) is 8.66. The average Bonchev–Trinajstić information content (AvgIpc) is 2.83. The molecule has 0 spiro atoms. The van der Waals surface area contributed by atoms with Crippen LogP contribution in [-0.2, 0) is 6.42 Å². The van der Waals surface area contributed by atoms with E-state index in [-0.39, 0.29) is 6.04 Å². The molecule has 2 unspecified atom stereocenters. The summed E-state index contributed by atoms with van der Waals surface area (Å²) in [5, 5.41) is 4.91. The normalized spacial score (nSPS) is 14.6. The lowest BCUT2D eigenvalue weighted by Gasteiger charge is -2.19. The zero-order valence-electron chi connectivity index (χ0n) is 12.9. The maximum Gasteiger partial charge on any atom is 0.134 e. The maximum absolute atomic E-state index is 6.09. The van der Waals surface area contributed by atoms with E-state index in [1.165, 1.54) is 16.7 Å². The third kappa shape index (κ3) is 3.39. The van der Waals surface area contributed by atoms with Crippen molar-refractivity contribution in [3.05, 3.63) is 35.6 Å². The van der Waals surface area contributed by atoms with Gasteiger partial charge in [0.1, 0.15) is 11.3 Å². The minimum atomic E-state index is 0.254. The van der Waals surface area contributed by atoms with Crippen molar-refractivity contribution < 1.29 is 4.42 Å². The van der Waals surface area contributed by atoms with Crippen molar-refractivity contribution in [2.45, 2.75) is 46.2 Å². The summed E-state index contributed by atoms with van der Waals surface area (Å²) in [5.74, 6) is 3.41. The molecule has 1 N–H and O–H groups in total. The van der Waals surface area contributed by atoms with Gasteiger partial charge in [0.2, 0.25) is 0 Å². The van der Waals surface area contributed by atoms with Crippen LogP contribution < -0.4 is 5.32 Å². The van der Waals surface area contributed by atoms with Crippen LogP contribution in [0.4, 0.5) is 0 Å². The van der Waals surface area contributed by atoms with E-state index in [2.05, 4.69) is 51.2 Å². The van der Waals surface area contributed by atoms with Crippen molar-refractivity contribution in [1.29, 1.82) is 0 Å². The molecule has 0 saturated heterocycles. The minimum Gasteiger partial charge on any atom is -0.459 e. The van der Waals surface area contributed by atoms with Crippen LogP contribution in [0.3, 0.4) is 0 Å². The van der Waals surface area contributed by atoms with Gasteiger partial charge in [0.05, 0.1) is 6.04 Å². The van der Waals surface area contributed by atoms with Gasteiger partial charge in [0.15, 0.2) is 0 Å². The van der Waals surface area contributed by atoms with Gasteiger partial charge in [-0.3, -0.25) is 0 Å². The highest BCUT2D eigenvalue weighted by atomic mass is 32.2. The van der Waals surface area contributed by atoms with Crippen LogP contribution in [0.25, 0.3) is 11.0 Å². The average molecular weight is 291 g/mol. The Morgan fingerprint density at radius 3 is 2.65 bits per heavy atom. The molecule has 0 aliphatic heterocycles. The summed E-state index contributed by atoms with van der Waals surface area (Å²) in [6.07, 6.45) is 1.01. The fourth-order valence-electron chi connectivity index (χ4n) is 2.68. The highest BCUT2D eigenvalue weighted by Crippen LogP contribution is 2.30. The molecular weight excluding hydrogens is 266 g/mol. The van der Waals surface area contributed by atoms with Crippen molar-refractivity contribution in [3.63, 3.8) is 0 Å². The second kappa shape index (κ2) is 7.19. The number of para-hydroxylation sites is 1. The van der Waals surface area contributed by atoms with Gasteiger partial charge in [0, 0.05) is 22.7 Å². The van der Waals surface area contributed by atoms with Crippen LogP contribution in [0.1, 0.15) is 45.1 Å². The summed E-state index contributed by atoms with van der Waals surface area (Å²) in [5.41, 5.74) is 2.35. The van der Waals surface area contributed by atoms with Crippen LogP contribution in [0.5, 0.6) is 0 Å². The predicted octanol–water partition coefficient (Wildman–Crippen LogP) is 4.79.